The molecule has 0 aromatic heterocycles. The van der Waals surface area contributed by atoms with Crippen molar-refractivity contribution in [1.29, 1.82) is 0 Å². The van der Waals surface area contributed by atoms with E-state index < -0.39 is 0 Å². The third-order valence-electron chi connectivity index (χ3n) is 2.81. The van der Waals surface area contributed by atoms with Crippen LogP contribution < -0.4 is 10.1 Å². The van der Waals surface area contributed by atoms with E-state index in [0.29, 0.717) is 11.3 Å². The van der Waals surface area contributed by atoms with Gasteiger partial charge in [-0.3, -0.25) is 0 Å². The molecule has 0 aliphatic carbocycles. The van der Waals surface area contributed by atoms with E-state index in [1.165, 1.54) is 6.07 Å². The standard InChI is InChI=1S/C14H22FNO2S/c1-11(16-7-10-19-9-4-8-17)14-12(15)5-3-6-13(14)18-2/h3,5-6,11,16-17H,4,7-10H2,1-2H3. The van der Waals surface area contributed by atoms with Crippen molar-refractivity contribution in [3.63, 3.8) is 0 Å². The molecule has 1 rings (SSSR count). The third-order valence-corrected chi connectivity index (χ3v) is 3.88. The van der Waals surface area contributed by atoms with Gasteiger partial charge in [-0.05, 0) is 31.2 Å². The zero-order chi connectivity index (χ0) is 14.1. The molecule has 108 valence electrons. The van der Waals surface area contributed by atoms with E-state index >= 15 is 0 Å². The maximum atomic E-state index is 13.8. The van der Waals surface area contributed by atoms with Crippen molar-refractivity contribution in [3.8, 4) is 5.75 Å². The van der Waals surface area contributed by atoms with Gasteiger partial charge in [0.1, 0.15) is 11.6 Å². The fraction of sp³-hybridized carbons (Fsp3) is 0.571. The highest BCUT2D eigenvalue weighted by Gasteiger charge is 2.15. The Morgan fingerprint density at radius 3 is 2.89 bits per heavy atom. The molecule has 0 aliphatic heterocycles. The number of methoxy groups -OCH3 is 1. The van der Waals surface area contributed by atoms with Gasteiger partial charge in [0.15, 0.2) is 0 Å². The minimum atomic E-state index is -0.243. The molecule has 0 fully saturated rings. The van der Waals surface area contributed by atoms with Crippen LogP contribution in [0.2, 0.25) is 0 Å². The number of hydrogen-bond acceptors (Lipinski definition) is 4. The van der Waals surface area contributed by atoms with Gasteiger partial charge < -0.3 is 15.2 Å². The molecule has 1 unspecified atom stereocenters. The van der Waals surface area contributed by atoms with Crippen molar-refractivity contribution >= 4 is 11.8 Å². The topological polar surface area (TPSA) is 41.5 Å². The zero-order valence-corrected chi connectivity index (χ0v) is 12.3. The normalized spacial score (nSPS) is 12.4. The van der Waals surface area contributed by atoms with Gasteiger partial charge in [0.25, 0.3) is 0 Å². The lowest BCUT2D eigenvalue weighted by atomic mass is 10.1. The third kappa shape index (κ3) is 5.38. The highest BCUT2D eigenvalue weighted by atomic mass is 32.2. The van der Waals surface area contributed by atoms with Crippen LogP contribution in [-0.4, -0.2) is 36.9 Å². The maximum absolute atomic E-state index is 13.8. The first-order valence-electron chi connectivity index (χ1n) is 6.45. The first kappa shape index (κ1) is 16.3. The summed E-state index contributed by atoms with van der Waals surface area (Å²) in [4.78, 5) is 0. The van der Waals surface area contributed by atoms with Crippen LogP contribution in [0.25, 0.3) is 0 Å². The summed E-state index contributed by atoms with van der Waals surface area (Å²) in [5.41, 5.74) is 0.574. The monoisotopic (exact) mass is 287 g/mol. The van der Waals surface area contributed by atoms with Gasteiger partial charge in [0, 0.05) is 30.5 Å². The molecule has 19 heavy (non-hydrogen) atoms. The Kier molecular flexibility index (Phi) is 7.86. The van der Waals surface area contributed by atoms with Crippen LogP contribution in [0.1, 0.15) is 24.9 Å². The second kappa shape index (κ2) is 9.18. The van der Waals surface area contributed by atoms with Crippen molar-refractivity contribution in [1.82, 2.24) is 5.32 Å². The summed E-state index contributed by atoms with van der Waals surface area (Å²) < 4.78 is 19.0. The van der Waals surface area contributed by atoms with Gasteiger partial charge >= 0.3 is 0 Å². The Labute approximate surface area is 118 Å². The molecule has 3 nitrogen and oxygen atoms in total. The largest absolute Gasteiger partial charge is 0.496 e. The highest BCUT2D eigenvalue weighted by molar-refractivity contribution is 7.99. The quantitative estimate of drug-likeness (QED) is 0.685. The van der Waals surface area contributed by atoms with Crippen molar-refractivity contribution in [2.45, 2.75) is 19.4 Å². The molecule has 1 aromatic carbocycles. The molecule has 5 heteroatoms. The minimum absolute atomic E-state index is 0.0883. The number of nitrogens with one attached hydrogen (secondary N) is 1. The first-order chi connectivity index (χ1) is 9.20. The average molecular weight is 287 g/mol. The van der Waals surface area contributed by atoms with E-state index in [4.69, 9.17) is 9.84 Å². The summed E-state index contributed by atoms with van der Waals surface area (Å²) in [6, 6.07) is 4.78. The van der Waals surface area contributed by atoms with Crippen molar-refractivity contribution in [2.24, 2.45) is 0 Å². The Hall–Kier alpha value is -0.780. The van der Waals surface area contributed by atoms with Gasteiger partial charge in [-0.25, -0.2) is 4.39 Å². The molecule has 0 spiro atoms. The summed E-state index contributed by atoms with van der Waals surface area (Å²) in [6.45, 7) is 2.97. The Morgan fingerprint density at radius 1 is 1.42 bits per heavy atom. The number of rotatable bonds is 9. The van der Waals surface area contributed by atoms with Gasteiger partial charge in [-0.1, -0.05) is 6.07 Å². The van der Waals surface area contributed by atoms with E-state index in [9.17, 15) is 4.39 Å². The average Bonchev–Trinajstić information content (AvgIpc) is 2.42. The molecule has 0 radical (unpaired) electrons. The number of hydrogen-bond donors (Lipinski definition) is 2. The molecule has 2 N–H and O–H groups in total. The lowest BCUT2D eigenvalue weighted by molar-refractivity contribution is 0.296. The molecular weight excluding hydrogens is 265 g/mol. The van der Waals surface area contributed by atoms with E-state index in [2.05, 4.69) is 5.32 Å². The SMILES string of the molecule is COc1cccc(F)c1C(C)NCCSCCCO. The number of aliphatic hydroxyl groups excluding tert-OH is 1. The number of benzene rings is 1. The molecule has 0 saturated carbocycles. The van der Waals surface area contributed by atoms with Crippen LogP contribution in [-0.2, 0) is 0 Å². The van der Waals surface area contributed by atoms with E-state index in [1.807, 2.05) is 6.92 Å². The Morgan fingerprint density at radius 2 is 2.21 bits per heavy atom. The summed E-state index contributed by atoms with van der Waals surface area (Å²) in [6.07, 6.45) is 0.821. The number of halogens is 1. The van der Waals surface area contributed by atoms with E-state index in [-0.39, 0.29) is 18.5 Å². The summed E-state index contributed by atoms with van der Waals surface area (Å²) >= 11 is 1.78. The fourth-order valence-electron chi connectivity index (χ4n) is 1.83. The van der Waals surface area contributed by atoms with Crippen molar-refractivity contribution < 1.29 is 14.2 Å². The zero-order valence-electron chi connectivity index (χ0n) is 11.5. The van der Waals surface area contributed by atoms with E-state index in [0.717, 1.165) is 24.5 Å². The molecule has 0 aliphatic rings. The van der Waals surface area contributed by atoms with Gasteiger partial charge in [-0.2, -0.15) is 11.8 Å². The summed E-state index contributed by atoms with van der Waals surface area (Å²) in [5, 5.41) is 12.0. The molecular formula is C14H22FNO2S. The number of thioether (sulfide) groups is 1. The molecule has 1 aromatic rings. The van der Waals surface area contributed by atoms with Crippen molar-refractivity contribution in [3.05, 3.63) is 29.6 Å². The second-order valence-corrected chi connectivity index (χ2v) is 5.45. The number of ether oxygens (including phenoxy) is 1. The van der Waals surface area contributed by atoms with Crippen LogP contribution in [0.4, 0.5) is 4.39 Å². The predicted octanol–water partition coefficient (Wildman–Crippen LogP) is 2.60. The highest BCUT2D eigenvalue weighted by Crippen LogP contribution is 2.27. The van der Waals surface area contributed by atoms with Crippen LogP contribution in [0.5, 0.6) is 5.75 Å². The van der Waals surface area contributed by atoms with Gasteiger partial charge in [0.2, 0.25) is 0 Å². The Bertz CT molecular complexity index is 376. The molecule has 1 atom stereocenters. The Balaban J connectivity index is 2.43. The van der Waals surface area contributed by atoms with Crippen LogP contribution in [0, 0.1) is 5.82 Å². The molecule has 0 amide bonds. The van der Waals surface area contributed by atoms with Crippen LogP contribution in [0.15, 0.2) is 18.2 Å². The molecule has 0 heterocycles. The van der Waals surface area contributed by atoms with Gasteiger partial charge in [0.05, 0.1) is 7.11 Å². The molecule has 0 bridgehead atoms. The lowest BCUT2D eigenvalue weighted by Crippen LogP contribution is -2.23. The second-order valence-electron chi connectivity index (χ2n) is 4.22. The van der Waals surface area contributed by atoms with Crippen molar-refractivity contribution in [2.75, 3.05) is 31.8 Å². The summed E-state index contributed by atoms with van der Waals surface area (Å²) in [7, 11) is 1.55. The predicted molar refractivity (Wildman–Crippen MR) is 78.4 cm³/mol. The van der Waals surface area contributed by atoms with Gasteiger partial charge in [-0.15, -0.1) is 0 Å². The van der Waals surface area contributed by atoms with E-state index in [1.54, 1.807) is 31.0 Å². The smallest absolute Gasteiger partial charge is 0.131 e. The first-order valence-corrected chi connectivity index (χ1v) is 7.60. The van der Waals surface area contributed by atoms with Crippen LogP contribution in [0.3, 0.4) is 0 Å². The fourth-order valence-corrected chi connectivity index (χ4v) is 2.63. The number of aliphatic hydroxyl groups is 1. The summed E-state index contributed by atoms with van der Waals surface area (Å²) in [5.74, 6) is 2.23. The molecule has 0 saturated heterocycles. The minimum Gasteiger partial charge on any atom is -0.496 e. The maximum Gasteiger partial charge on any atom is 0.131 e. The van der Waals surface area contributed by atoms with Crippen LogP contribution >= 0.6 is 11.8 Å². The lowest BCUT2D eigenvalue weighted by Gasteiger charge is -2.17.